The Morgan fingerprint density at radius 3 is 2.65 bits per heavy atom. The summed E-state index contributed by atoms with van der Waals surface area (Å²) in [6, 6.07) is 4.66. The average Bonchev–Trinajstić information content (AvgIpc) is 2.28. The van der Waals surface area contributed by atoms with Crippen molar-refractivity contribution in [2.24, 2.45) is 0 Å². The fourth-order valence-corrected chi connectivity index (χ4v) is 2.33. The number of benzene rings is 1. The molecule has 0 saturated carbocycles. The Bertz CT molecular complexity index is 393. The molecule has 0 fully saturated rings. The number of rotatable bonds is 5. The third-order valence-electron chi connectivity index (χ3n) is 2.14. The van der Waals surface area contributed by atoms with Crippen LogP contribution < -0.4 is 5.32 Å². The number of alkyl halides is 3. The number of hydrogen-bond donors (Lipinski definition) is 1. The first kappa shape index (κ1) is 14.2. The summed E-state index contributed by atoms with van der Waals surface area (Å²) in [5.41, 5.74) is -0.758. The Hall–Kier alpha value is -0.880. The first-order valence-corrected chi connectivity index (χ1v) is 6.53. The van der Waals surface area contributed by atoms with Gasteiger partial charge in [-0.2, -0.15) is 13.2 Å². The lowest BCUT2D eigenvalue weighted by Gasteiger charge is -2.08. The van der Waals surface area contributed by atoms with Crippen molar-refractivity contribution < 1.29 is 17.4 Å². The van der Waals surface area contributed by atoms with Crippen LogP contribution in [0.3, 0.4) is 0 Å². The average molecular weight is 265 g/mol. The third-order valence-corrected chi connectivity index (χ3v) is 3.49. The van der Waals surface area contributed by atoms with Crippen molar-refractivity contribution in [3.05, 3.63) is 29.8 Å². The molecule has 0 spiro atoms. The largest absolute Gasteiger partial charge is 0.416 e. The summed E-state index contributed by atoms with van der Waals surface area (Å²) in [6.45, 7) is 3.19. The highest BCUT2D eigenvalue weighted by atomic mass is 32.2. The lowest BCUT2D eigenvalue weighted by atomic mass is 10.2. The van der Waals surface area contributed by atoms with Crippen LogP contribution in [0, 0.1) is 0 Å². The predicted molar refractivity (Wildman–Crippen MR) is 61.3 cm³/mol. The van der Waals surface area contributed by atoms with Gasteiger partial charge in [-0.25, -0.2) is 0 Å². The summed E-state index contributed by atoms with van der Waals surface area (Å²) < 4.78 is 49.0. The molecule has 2 nitrogen and oxygen atoms in total. The monoisotopic (exact) mass is 265 g/mol. The molecule has 0 aromatic heterocycles. The van der Waals surface area contributed by atoms with Crippen LogP contribution in [0.25, 0.3) is 0 Å². The SMILES string of the molecule is CCNCCS(=O)c1cccc(C(F)(F)F)c1. The van der Waals surface area contributed by atoms with Gasteiger partial charge in [-0.05, 0) is 24.7 Å². The summed E-state index contributed by atoms with van der Waals surface area (Å²) in [7, 11) is -1.39. The molecule has 1 N–H and O–H groups in total. The Kier molecular flexibility index (Phi) is 5.14. The summed E-state index contributed by atoms with van der Waals surface area (Å²) in [4.78, 5) is 0.220. The fraction of sp³-hybridized carbons (Fsp3) is 0.455. The summed E-state index contributed by atoms with van der Waals surface area (Å²) in [6.07, 6.45) is -4.39. The van der Waals surface area contributed by atoms with Gasteiger partial charge in [-0.15, -0.1) is 0 Å². The molecular weight excluding hydrogens is 251 g/mol. The van der Waals surface area contributed by atoms with E-state index in [1.807, 2.05) is 6.92 Å². The normalized spacial score (nSPS) is 13.6. The molecule has 1 unspecified atom stereocenters. The van der Waals surface area contributed by atoms with Crippen molar-refractivity contribution >= 4 is 10.8 Å². The topological polar surface area (TPSA) is 29.1 Å². The highest BCUT2D eigenvalue weighted by molar-refractivity contribution is 7.85. The molecule has 1 rings (SSSR count). The van der Waals surface area contributed by atoms with E-state index < -0.39 is 22.5 Å². The molecule has 6 heteroatoms. The second-order valence-electron chi connectivity index (χ2n) is 3.43. The molecule has 96 valence electrons. The highest BCUT2D eigenvalue weighted by Gasteiger charge is 2.30. The number of hydrogen-bond acceptors (Lipinski definition) is 2. The van der Waals surface area contributed by atoms with Gasteiger partial charge in [0.2, 0.25) is 0 Å². The van der Waals surface area contributed by atoms with Crippen molar-refractivity contribution in [1.82, 2.24) is 5.32 Å². The molecule has 0 heterocycles. The van der Waals surface area contributed by atoms with Crippen LogP contribution in [0.4, 0.5) is 13.2 Å². The van der Waals surface area contributed by atoms with Gasteiger partial charge in [-0.1, -0.05) is 13.0 Å². The van der Waals surface area contributed by atoms with Crippen LogP contribution in [-0.4, -0.2) is 23.1 Å². The first-order valence-electron chi connectivity index (χ1n) is 5.21. The minimum atomic E-state index is -4.39. The van der Waals surface area contributed by atoms with Crippen LogP contribution in [0.2, 0.25) is 0 Å². The van der Waals surface area contributed by atoms with Gasteiger partial charge in [0.15, 0.2) is 0 Å². The van der Waals surface area contributed by atoms with Crippen LogP contribution >= 0.6 is 0 Å². The van der Waals surface area contributed by atoms with E-state index >= 15 is 0 Å². The van der Waals surface area contributed by atoms with Gasteiger partial charge in [-0.3, -0.25) is 4.21 Å². The maximum atomic E-state index is 12.4. The predicted octanol–water partition coefficient (Wildman–Crippen LogP) is 2.42. The molecule has 1 aromatic carbocycles. The minimum absolute atomic E-state index is 0.220. The van der Waals surface area contributed by atoms with Crippen LogP contribution in [0.15, 0.2) is 29.2 Å². The van der Waals surface area contributed by atoms with Crippen molar-refractivity contribution in [2.45, 2.75) is 18.0 Å². The van der Waals surface area contributed by atoms with E-state index in [4.69, 9.17) is 0 Å². The van der Waals surface area contributed by atoms with Crippen molar-refractivity contribution in [2.75, 3.05) is 18.8 Å². The van der Waals surface area contributed by atoms with Gasteiger partial charge in [0.25, 0.3) is 0 Å². The lowest BCUT2D eigenvalue weighted by Crippen LogP contribution is -2.20. The number of halogens is 3. The van der Waals surface area contributed by atoms with E-state index in [1.54, 1.807) is 0 Å². The molecule has 0 amide bonds. The lowest BCUT2D eigenvalue weighted by molar-refractivity contribution is -0.137. The molecular formula is C11H14F3NOS. The van der Waals surface area contributed by atoms with Gasteiger partial charge in [0, 0.05) is 17.2 Å². The Morgan fingerprint density at radius 2 is 2.06 bits per heavy atom. The Balaban J connectivity index is 2.74. The summed E-state index contributed by atoms with van der Waals surface area (Å²) >= 11 is 0. The summed E-state index contributed by atoms with van der Waals surface area (Å²) in [5.74, 6) is 0.315. The van der Waals surface area contributed by atoms with E-state index in [9.17, 15) is 17.4 Å². The van der Waals surface area contributed by atoms with Gasteiger partial charge >= 0.3 is 6.18 Å². The second kappa shape index (κ2) is 6.16. The van der Waals surface area contributed by atoms with Crippen LogP contribution in [0.5, 0.6) is 0 Å². The van der Waals surface area contributed by atoms with Gasteiger partial charge in [0.1, 0.15) is 0 Å². The maximum absolute atomic E-state index is 12.4. The van der Waals surface area contributed by atoms with E-state index in [0.29, 0.717) is 12.3 Å². The van der Waals surface area contributed by atoms with Crippen molar-refractivity contribution in [1.29, 1.82) is 0 Å². The zero-order valence-corrected chi connectivity index (χ0v) is 10.2. The Morgan fingerprint density at radius 1 is 1.35 bits per heavy atom. The minimum Gasteiger partial charge on any atom is -0.316 e. The van der Waals surface area contributed by atoms with Gasteiger partial charge in [0.05, 0.1) is 16.4 Å². The highest BCUT2D eigenvalue weighted by Crippen LogP contribution is 2.30. The molecule has 0 radical (unpaired) electrons. The zero-order chi connectivity index (χ0) is 12.9. The zero-order valence-electron chi connectivity index (χ0n) is 9.38. The third kappa shape index (κ3) is 4.47. The van der Waals surface area contributed by atoms with E-state index in [2.05, 4.69) is 5.32 Å². The standard InChI is InChI=1S/C11H14F3NOS/c1-2-15-6-7-17(16)10-5-3-4-9(8-10)11(12,13)14/h3-5,8,15H,2,6-7H2,1H3. The van der Waals surface area contributed by atoms with Gasteiger partial charge < -0.3 is 5.32 Å². The molecule has 0 saturated heterocycles. The molecule has 0 bridgehead atoms. The molecule has 0 aliphatic rings. The van der Waals surface area contributed by atoms with Crippen LogP contribution in [0.1, 0.15) is 12.5 Å². The molecule has 17 heavy (non-hydrogen) atoms. The molecule has 1 atom stereocenters. The van der Waals surface area contributed by atoms with E-state index in [1.165, 1.54) is 12.1 Å². The Labute approximate surface area is 101 Å². The van der Waals surface area contributed by atoms with Crippen LogP contribution in [-0.2, 0) is 17.0 Å². The quantitative estimate of drug-likeness (QED) is 0.828. The maximum Gasteiger partial charge on any atom is 0.416 e. The van der Waals surface area contributed by atoms with Crippen molar-refractivity contribution in [3.63, 3.8) is 0 Å². The first-order chi connectivity index (χ1) is 7.95. The van der Waals surface area contributed by atoms with E-state index in [-0.39, 0.29) is 4.90 Å². The second-order valence-corrected chi connectivity index (χ2v) is 5.00. The molecule has 1 aromatic rings. The molecule has 0 aliphatic heterocycles. The smallest absolute Gasteiger partial charge is 0.316 e. The van der Waals surface area contributed by atoms with Crippen molar-refractivity contribution in [3.8, 4) is 0 Å². The number of nitrogens with one attached hydrogen (secondary N) is 1. The van der Waals surface area contributed by atoms with E-state index in [0.717, 1.165) is 18.7 Å². The summed E-state index contributed by atoms with van der Waals surface area (Å²) in [5, 5.41) is 2.98. The molecule has 0 aliphatic carbocycles. The fourth-order valence-electron chi connectivity index (χ4n) is 1.27.